The number of amides is 1. The van der Waals surface area contributed by atoms with Crippen LogP contribution in [-0.2, 0) is 33.0 Å². The third-order valence-electron chi connectivity index (χ3n) is 6.92. The second-order valence-corrected chi connectivity index (χ2v) is 11.4. The van der Waals surface area contributed by atoms with Gasteiger partial charge in [-0.1, -0.05) is 42.5 Å². The van der Waals surface area contributed by atoms with E-state index in [1.165, 1.54) is 33.3 Å². The van der Waals surface area contributed by atoms with Crippen molar-refractivity contribution in [3.8, 4) is 5.69 Å². The van der Waals surface area contributed by atoms with Gasteiger partial charge in [-0.15, -0.1) is 0 Å². The lowest BCUT2D eigenvalue weighted by Crippen LogP contribution is -2.35. The molecular weight excluding hydrogens is 532 g/mol. The summed E-state index contributed by atoms with van der Waals surface area (Å²) in [5, 5.41) is 2.53. The van der Waals surface area contributed by atoms with Crippen molar-refractivity contribution >= 4 is 33.3 Å². The largest absolute Gasteiger partial charge is 0.452 e. The van der Waals surface area contributed by atoms with Gasteiger partial charge >= 0.3 is 5.97 Å². The summed E-state index contributed by atoms with van der Waals surface area (Å²) < 4.78 is 36.6. The van der Waals surface area contributed by atoms with Gasteiger partial charge in [-0.25, -0.2) is 17.9 Å². The number of rotatable bonds is 7. The Kier molecular flexibility index (Phi) is 7.07. The summed E-state index contributed by atoms with van der Waals surface area (Å²) in [6.45, 7) is 2.86. The van der Waals surface area contributed by atoms with E-state index in [4.69, 9.17) is 4.74 Å². The number of para-hydroxylation sites is 2. The first-order chi connectivity index (χ1) is 19.1. The standard InChI is InChI=1S/C29H28N4O6S/c1-19-16-21-10-7-8-15-25(21)33(19)40(37,38)24-14-9-11-22(17-24)29(36)39-18-26(34)30-27-20(2)31(3)32(28(27)35)23-12-5-4-6-13-23/h4-15,17,19H,16,18H2,1-3H3,(H,30,34). The Hall–Kier alpha value is -4.64. The molecule has 3 aromatic carbocycles. The summed E-state index contributed by atoms with van der Waals surface area (Å²) in [6.07, 6.45) is 0.587. The first-order valence-corrected chi connectivity index (χ1v) is 14.1. The lowest BCUT2D eigenvalue weighted by molar-refractivity contribution is -0.119. The van der Waals surface area contributed by atoms with Crippen LogP contribution < -0.4 is 15.2 Å². The van der Waals surface area contributed by atoms with Gasteiger partial charge < -0.3 is 10.1 Å². The van der Waals surface area contributed by atoms with Gasteiger partial charge in [0.25, 0.3) is 21.5 Å². The van der Waals surface area contributed by atoms with Crippen molar-refractivity contribution in [2.24, 2.45) is 7.05 Å². The monoisotopic (exact) mass is 560 g/mol. The van der Waals surface area contributed by atoms with Crippen molar-refractivity contribution in [1.29, 1.82) is 0 Å². The quantitative estimate of drug-likeness (QED) is 0.346. The van der Waals surface area contributed by atoms with Gasteiger partial charge in [0.05, 0.1) is 27.5 Å². The topological polar surface area (TPSA) is 120 Å². The van der Waals surface area contributed by atoms with Crippen LogP contribution in [0, 0.1) is 6.92 Å². The fourth-order valence-electron chi connectivity index (χ4n) is 4.90. The summed E-state index contributed by atoms with van der Waals surface area (Å²) in [5.74, 6) is -1.57. The van der Waals surface area contributed by atoms with Gasteiger partial charge in [0, 0.05) is 13.1 Å². The molecule has 2 heterocycles. The van der Waals surface area contributed by atoms with Crippen LogP contribution in [-0.4, -0.2) is 42.3 Å². The number of carbonyl (C=O) groups is 2. The van der Waals surface area contributed by atoms with Crippen LogP contribution >= 0.6 is 0 Å². The predicted octanol–water partition coefficient (Wildman–Crippen LogP) is 3.42. The fourth-order valence-corrected chi connectivity index (χ4v) is 6.64. The lowest BCUT2D eigenvalue weighted by Gasteiger charge is -2.24. The number of aromatic nitrogens is 2. The van der Waals surface area contributed by atoms with Crippen molar-refractivity contribution in [2.45, 2.75) is 31.2 Å². The molecule has 1 unspecified atom stereocenters. The van der Waals surface area contributed by atoms with Gasteiger partial charge in [-0.3, -0.25) is 18.6 Å². The Morgan fingerprint density at radius 1 is 1.00 bits per heavy atom. The van der Waals surface area contributed by atoms with Crippen LogP contribution in [0.4, 0.5) is 11.4 Å². The molecule has 11 heteroatoms. The van der Waals surface area contributed by atoms with E-state index in [0.717, 1.165) is 5.56 Å². The number of ether oxygens (including phenoxy) is 1. The Morgan fingerprint density at radius 2 is 1.70 bits per heavy atom. The maximum Gasteiger partial charge on any atom is 0.338 e. The van der Waals surface area contributed by atoms with Crippen molar-refractivity contribution in [3.63, 3.8) is 0 Å². The van der Waals surface area contributed by atoms with Crippen molar-refractivity contribution in [2.75, 3.05) is 16.2 Å². The van der Waals surface area contributed by atoms with E-state index in [1.54, 1.807) is 55.1 Å². The molecule has 1 aliphatic rings. The highest BCUT2D eigenvalue weighted by Gasteiger charge is 2.36. The van der Waals surface area contributed by atoms with Crippen LogP contribution in [0.5, 0.6) is 0 Å². The lowest BCUT2D eigenvalue weighted by atomic mass is 10.1. The predicted molar refractivity (Wildman–Crippen MR) is 150 cm³/mol. The molecule has 1 atom stereocenters. The maximum atomic E-state index is 13.5. The Morgan fingerprint density at radius 3 is 2.45 bits per heavy atom. The average Bonchev–Trinajstić information content (AvgIpc) is 3.40. The highest BCUT2D eigenvalue weighted by molar-refractivity contribution is 7.92. The highest BCUT2D eigenvalue weighted by Crippen LogP contribution is 2.36. The first-order valence-electron chi connectivity index (χ1n) is 12.6. The minimum atomic E-state index is -3.96. The summed E-state index contributed by atoms with van der Waals surface area (Å²) in [7, 11) is -2.26. The van der Waals surface area contributed by atoms with E-state index in [9.17, 15) is 22.8 Å². The number of sulfonamides is 1. The van der Waals surface area contributed by atoms with Crippen molar-refractivity contribution < 1.29 is 22.7 Å². The molecule has 10 nitrogen and oxygen atoms in total. The van der Waals surface area contributed by atoms with Gasteiger partial charge in [0.15, 0.2) is 6.61 Å². The number of hydrogen-bond donors (Lipinski definition) is 1. The molecule has 0 saturated heterocycles. The molecule has 4 aromatic rings. The van der Waals surface area contributed by atoms with Crippen molar-refractivity contribution in [1.82, 2.24) is 9.36 Å². The van der Waals surface area contributed by atoms with Crippen LogP contribution in [0.15, 0.2) is 88.6 Å². The number of nitrogens with one attached hydrogen (secondary N) is 1. The number of fused-ring (bicyclic) bond motifs is 1. The third kappa shape index (κ3) is 4.79. The molecule has 1 aromatic heterocycles. The molecule has 0 fully saturated rings. The molecule has 206 valence electrons. The van der Waals surface area contributed by atoms with E-state index in [0.29, 0.717) is 23.5 Å². The molecule has 40 heavy (non-hydrogen) atoms. The minimum Gasteiger partial charge on any atom is -0.452 e. The van der Waals surface area contributed by atoms with Gasteiger partial charge in [0.1, 0.15) is 5.69 Å². The first kappa shape index (κ1) is 26.9. The number of benzene rings is 3. The number of esters is 1. The number of nitrogens with zero attached hydrogens (tertiary/aromatic N) is 3. The molecule has 1 aliphatic heterocycles. The average molecular weight is 561 g/mol. The summed E-state index contributed by atoms with van der Waals surface area (Å²) in [6, 6.07) is 21.5. The van der Waals surface area contributed by atoms with E-state index < -0.39 is 34.1 Å². The van der Waals surface area contributed by atoms with E-state index >= 15 is 0 Å². The number of hydrogen-bond acceptors (Lipinski definition) is 6. The second kappa shape index (κ2) is 10.5. The Labute approximate surface area is 231 Å². The van der Waals surface area contributed by atoms with Gasteiger partial charge in [0.2, 0.25) is 0 Å². The summed E-state index contributed by atoms with van der Waals surface area (Å²) in [4.78, 5) is 38.3. The Bertz CT molecular complexity index is 1780. The fraction of sp³-hybridized carbons (Fsp3) is 0.207. The molecule has 0 spiro atoms. The molecule has 0 saturated carbocycles. The highest BCUT2D eigenvalue weighted by atomic mass is 32.2. The maximum absolute atomic E-state index is 13.5. The van der Waals surface area contributed by atoms with Crippen LogP contribution in [0.25, 0.3) is 5.69 Å². The Balaban J connectivity index is 1.29. The second-order valence-electron chi connectivity index (χ2n) is 9.57. The summed E-state index contributed by atoms with van der Waals surface area (Å²) >= 11 is 0. The number of carbonyl (C=O) groups excluding carboxylic acids is 2. The normalized spacial score (nSPS) is 14.6. The van der Waals surface area contributed by atoms with Crippen LogP contribution in [0.1, 0.15) is 28.5 Å². The van der Waals surface area contributed by atoms with Crippen molar-refractivity contribution in [3.05, 3.63) is 106 Å². The molecule has 1 amide bonds. The van der Waals surface area contributed by atoms with Gasteiger partial charge in [-0.2, -0.15) is 0 Å². The van der Waals surface area contributed by atoms with E-state index in [1.807, 2.05) is 25.1 Å². The van der Waals surface area contributed by atoms with E-state index in [2.05, 4.69) is 5.32 Å². The zero-order valence-corrected chi connectivity index (χ0v) is 23.0. The molecule has 0 aliphatic carbocycles. The minimum absolute atomic E-state index is 0.0173. The molecule has 1 N–H and O–H groups in total. The smallest absolute Gasteiger partial charge is 0.338 e. The number of anilines is 2. The molecule has 0 radical (unpaired) electrons. The third-order valence-corrected chi connectivity index (χ3v) is 8.85. The van der Waals surface area contributed by atoms with E-state index in [-0.39, 0.29) is 22.2 Å². The van der Waals surface area contributed by atoms with Crippen LogP contribution in [0.3, 0.4) is 0 Å². The zero-order chi connectivity index (χ0) is 28.6. The van der Waals surface area contributed by atoms with Gasteiger partial charge in [-0.05, 0) is 62.2 Å². The van der Waals surface area contributed by atoms with Crippen LogP contribution in [0.2, 0.25) is 0 Å². The zero-order valence-electron chi connectivity index (χ0n) is 22.2. The molecule has 0 bridgehead atoms. The SMILES string of the molecule is Cc1c(NC(=O)COC(=O)c2cccc(S(=O)(=O)N3c4ccccc4CC3C)c2)c(=O)n(-c2ccccc2)n1C. The molecule has 5 rings (SSSR count). The molecular formula is C29H28N4O6S. The summed E-state index contributed by atoms with van der Waals surface area (Å²) in [5.41, 5.74) is 2.32.